The smallest absolute Gasteiger partial charge is 0.274 e. The van der Waals surface area contributed by atoms with Gasteiger partial charge < -0.3 is 10.2 Å². The Bertz CT molecular complexity index is 667. The van der Waals surface area contributed by atoms with Gasteiger partial charge in [0, 0.05) is 24.2 Å². The van der Waals surface area contributed by atoms with E-state index in [4.69, 9.17) is 0 Å². The number of hydrogen-bond donors (Lipinski definition) is 1. The minimum Gasteiger partial charge on any atom is -0.332 e. The monoisotopic (exact) mass is 333 g/mol. The van der Waals surface area contributed by atoms with Crippen molar-refractivity contribution in [1.82, 2.24) is 25.0 Å². The zero-order chi connectivity index (χ0) is 16.4. The Morgan fingerprint density at radius 2 is 2.35 bits per heavy atom. The van der Waals surface area contributed by atoms with E-state index in [0.717, 1.165) is 42.3 Å². The first kappa shape index (κ1) is 16.1. The van der Waals surface area contributed by atoms with Gasteiger partial charge in [0.25, 0.3) is 5.91 Å². The van der Waals surface area contributed by atoms with Crippen molar-refractivity contribution in [3.63, 3.8) is 0 Å². The molecule has 7 heteroatoms. The third-order valence-electron chi connectivity index (χ3n) is 4.44. The molecule has 0 aromatic carbocycles. The van der Waals surface area contributed by atoms with Crippen LogP contribution >= 0.6 is 11.3 Å². The van der Waals surface area contributed by atoms with E-state index in [-0.39, 0.29) is 5.91 Å². The number of amides is 1. The minimum atomic E-state index is 0.00778. The summed E-state index contributed by atoms with van der Waals surface area (Å²) in [4.78, 5) is 20.3. The molecule has 1 saturated heterocycles. The summed E-state index contributed by atoms with van der Waals surface area (Å²) in [6.45, 7) is 7.35. The van der Waals surface area contributed by atoms with Crippen molar-refractivity contribution in [3.8, 4) is 0 Å². The zero-order valence-corrected chi connectivity index (χ0v) is 14.7. The summed E-state index contributed by atoms with van der Waals surface area (Å²) < 4.78 is 1.75. The van der Waals surface area contributed by atoms with E-state index in [0.29, 0.717) is 18.2 Å². The summed E-state index contributed by atoms with van der Waals surface area (Å²) in [6, 6.07) is 1.86. The number of aromatic nitrogens is 3. The van der Waals surface area contributed by atoms with Crippen LogP contribution < -0.4 is 5.32 Å². The molecule has 0 radical (unpaired) electrons. The van der Waals surface area contributed by atoms with E-state index >= 15 is 0 Å². The van der Waals surface area contributed by atoms with Crippen LogP contribution in [0.4, 0.5) is 0 Å². The van der Waals surface area contributed by atoms with Gasteiger partial charge in [-0.15, -0.1) is 11.3 Å². The molecular weight excluding hydrogens is 310 g/mol. The Morgan fingerprint density at radius 3 is 2.91 bits per heavy atom. The first-order chi connectivity index (χ1) is 11.0. The van der Waals surface area contributed by atoms with Crippen LogP contribution in [-0.2, 0) is 13.6 Å². The average Bonchev–Trinajstić information content (AvgIpc) is 3.23. The number of hydrogen-bond acceptors (Lipinski definition) is 5. The number of nitrogens with one attached hydrogen (secondary N) is 1. The second-order valence-electron chi connectivity index (χ2n) is 6.20. The quantitative estimate of drug-likeness (QED) is 0.905. The molecule has 0 saturated carbocycles. The number of aryl methyl sites for hydroxylation is 3. The van der Waals surface area contributed by atoms with Gasteiger partial charge in [-0.25, -0.2) is 4.98 Å². The van der Waals surface area contributed by atoms with Gasteiger partial charge in [-0.1, -0.05) is 0 Å². The molecule has 3 rings (SSSR count). The highest BCUT2D eigenvalue weighted by molar-refractivity contribution is 7.09. The molecule has 1 N–H and O–H groups in total. The lowest BCUT2D eigenvalue weighted by molar-refractivity contribution is 0.0713. The third-order valence-corrected chi connectivity index (χ3v) is 5.36. The van der Waals surface area contributed by atoms with Gasteiger partial charge in [0.15, 0.2) is 5.69 Å². The first-order valence-corrected chi connectivity index (χ1v) is 8.82. The van der Waals surface area contributed by atoms with Gasteiger partial charge in [-0.05, 0) is 45.3 Å². The molecule has 23 heavy (non-hydrogen) atoms. The maximum absolute atomic E-state index is 12.9. The van der Waals surface area contributed by atoms with Crippen molar-refractivity contribution in [3.05, 3.63) is 33.5 Å². The highest BCUT2D eigenvalue weighted by Crippen LogP contribution is 2.19. The Balaban J connectivity index is 1.80. The SMILES string of the molecule is Cc1ncsc1CN(CC1CCNC1)C(=O)c1cc(C)n(C)n1. The molecule has 6 nitrogen and oxygen atoms in total. The van der Waals surface area contributed by atoms with Crippen LogP contribution in [0.25, 0.3) is 0 Å². The fourth-order valence-corrected chi connectivity index (χ4v) is 3.67. The van der Waals surface area contributed by atoms with Crippen molar-refractivity contribution in [2.75, 3.05) is 19.6 Å². The second kappa shape index (κ2) is 6.80. The summed E-state index contributed by atoms with van der Waals surface area (Å²) in [5.74, 6) is 0.519. The maximum atomic E-state index is 12.9. The molecule has 1 unspecified atom stereocenters. The molecule has 1 aliphatic rings. The van der Waals surface area contributed by atoms with Gasteiger partial charge in [-0.3, -0.25) is 9.48 Å². The van der Waals surface area contributed by atoms with Crippen LogP contribution in [0.1, 0.15) is 33.2 Å². The fraction of sp³-hybridized carbons (Fsp3) is 0.562. The van der Waals surface area contributed by atoms with Crippen molar-refractivity contribution >= 4 is 17.2 Å². The highest BCUT2D eigenvalue weighted by atomic mass is 32.1. The minimum absolute atomic E-state index is 0.00778. The summed E-state index contributed by atoms with van der Waals surface area (Å²) in [5.41, 5.74) is 4.37. The molecule has 124 valence electrons. The molecule has 0 spiro atoms. The Morgan fingerprint density at radius 1 is 1.52 bits per heavy atom. The lowest BCUT2D eigenvalue weighted by Crippen LogP contribution is -2.36. The van der Waals surface area contributed by atoms with Crippen LogP contribution in [0.15, 0.2) is 11.6 Å². The van der Waals surface area contributed by atoms with Gasteiger partial charge >= 0.3 is 0 Å². The lowest BCUT2D eigenvalue weighted by atomic mass is 10.1. The molecule has 2 aromatic heterocycles. The summed E-state index contributed by atoms with van der Waals surface area (Å²) in [6.07, 6.45) is 1.12. The maximum Gasteiger partial charge on any atom is 0.274 e. The van der Waals surface area contributed by atoms with E-state index in [1.807, 2.05) is 37.4 Å². The van der Waals surface area contributed by atoms with Crippen LogP contribution in [-0.4, -0.2) is 45.2 Å². The standard InChI is InChI=1S/C16H23N5OS/c1-11-6-14(19-20(11)3)16(22)21(8-13-4-5-17-7-13)9-15-12(2)18-10-23-15/h6,10,13,17H,4-5,7-9H2,1-3H3. The lowest BCUT2D eigenvalue weighted by Gasteiger charge is -2.24. The second-order valence-corrected chi connectivity index (χ2v) is 7.14. The van der Waals surface area contributed by atoms with Gasteiger partial charge in [0.2, 0.25) is 0 Å². The van der Waals surface area contributed by atoms with E-state index in [1.165, 1.54) is 0 Å². The van der Waals surface area contributed by atoms with Crippen molar-refractivity contribution < 1.29 is 4.79 Å². The summed E-state index contributed by atoms with van der Waals surface area (Å²) in [5, 5.41) is 7.73. The van der Waals surface area contributed by atoms with Crippen molar-refractivity contribution in [2.45, 2.75) is 26.8 Å². The molecular formula is C16H23N5OS. The summed E-state index contributed by atoms with van der Waals surface area (Å²) >= 11 is 1.61. The number of thiazole rings is 1. The topological polar surface area (TPSA) is 63.1 Å². The van der Waals surface area contributed by atoms with E-state index in [1.54, 1.807) is 16.0 Å². The van der Waals surface area contributed by atoms with Crippen LogP contribution in [0, 0.1) is 19.8 Å². The highest BCUT2D eigenvalue weighted by Gasteiger charge is 2.25. The Hall–Kier alpha value is -1.73. The first-order valence-electron chi connectivity index (χ1n) is 7.94. The predicted molar refractivity (Wildman–Crippen MR) is 90.5 cm³/mol. The van der Waals surface area contributed by atoms with Gasteiger partial charge in [-0.2, -0.15) is 5.10 Å². The molecule has 1 aliphatic heterocycles. The Kier molecular flexibility index (Phi) is 4.77. The van der Waals surface area contributed by atoms with Crippen molar-refractivity contribution in [1.29, 1.82) is 0 Å². The molecule has 3 heterocycles. The van der Waals surface area contributed by atoms with Gasteiger partial charge in [0.1, 0.15) is 0 Å². The van der Waals surface area contributed by atoms with Gasteiger partial charge in [0.05, 0.1) is 17.7 Å². The molecule has 0 bridgehead atoms. The van der Waals surface area contributed by atoms with Crippen molar-refractivity contribution in [2.24, 2.45) is 13.0 Å². The number of rotatable bonds is 5. The molecule has 0 aliphatic carbocycles. The summed E-state index contributed by atoms with van der Waals surface area (Å²) in [7, 11) is 1.87. The molecule has 1 atom stereocenters. The average molecular weight is 333 g/mol. The largest absolute Gasteiger partial charge is 0.332 e. The Labute approximate surface area is 140 Å². The van der Waals surface area contributed by atoms with Crippen LogP contribution in [0.5, 0.6) is 0 Å². The number of nitrogens with zero attached hydrogens (tertiary/aromatic N) is 4. The molecule has 2 aromatic rings. The normalized spacial score (nSPS) is 17.6. The van der Waals surface area contributed by atoms with E-state index in [9.17, 15) is 4.79 Å². The fourth-order valence-electron chi connectivity index (χ4n) is 2.88. The van der Waals surface area contributed by atoms with E-state index in [2.05, 4.69) is 15.4 Å². The number of carbonyl (C=O) groups excluding carboxylic acids is 1. The molecule has 1 amide bonds. The number of carbonyl (C=O) groups is 1. The molecule has 1 fully saturated rings. The van der Waals surface area contributed by atoms with Crippen LogP contribution in [0.2, 0.25) is 0 Å². The van der Waals surface area contributed by atoms with E-state index < -0.39 is 0 Å². The predicted octanol–water partition coefficient (Wildman–Crippen LogP) is 1.75. The van der Waals surface area contributed by atoms with Crippen LogP contribution in [0.3, 0.4) is 0 Å². The zero-order valence-electron chi connectivity index (χ0n) is 13.9. The third kappa shape index (κ3) is 3.61.